The summed E-state index contributed by atoms with van der Waals surface area (Å²) in [5.41, 5.74) is 7.40. The molecular weight excluding hydrogens is 312 g/mol. The summed E-state index contributed by atoms with van der Waals surface area (Å²) in [4.78, 5) is 0. The van der Waals surface area contributed by atoms with Gasteiger partial charge in [-0.15, -0.1) is 0 Å². The van der Waals surface area contributed by atoms with Gasteiger partial charge in [0.2, 0.25) is 0 Å². The molecule has 4 aliphatic carbocycles. The molecule has 2 fully saturated rings. The first-order valence-electron chi connectivity index (χ1n) is 11.0. The van der Waals surface area contributed by atoms with Crippen LogP contribution in [0.15, 0.2) is 42.0 Å². The van der Waals surface area contributed by atoms with Crippen molar-refractivity contribution in [2.75, 3.05) is 0 Å². The largest absolute Gasteiger partial charge is 0.0850 e. The molecule has 0 amide bonds. The maximum Gasteiger partial charge on any atom is -0.0146 e. The molecule has 0 heteroatoms. The lowest BCUT2D eigenvalue weighted by Gasteiger charge is -2.41. The average Bonchev–Trinajstić information content (AvgIpc) is 3.28. The molecule has 0 heterocycles. The molecule has 2 atom stereocenters. The number of hydrogen-bond donors (Lipinski definition) is 0. The second-order valence-corrected chi connectivity index (χ2v) is 9.74. The highest BCUT2D eigenvalue weighted by Gasteiger charge is 2.48. The van der Waals surface area contributed by atoms with Crippen LogP contribution in [0.3, 0.4) is 0 Å². The van der Waals surface area contributed by atoms with Crippen molar-refractivity contribution >= 4 is 10.8 Å². The van der Waals surface area contributed by atoms with Crippen LogP contribution >= 0.6 is 0 Å². The average molecular weight is 343 g/mol. The summed E-state index contributed by atoms with van der Waals surface area (Å²) in [6, 6.07) is 12.3. The summed E-state index contributed by atoms with van der Waals surface area (Å²) < 4.78 is 0. The Hall–Kier alpha value is -1.56. The molecular formula is C26H30. The number of fused-ring (bicyclic) bond motifs is 5. The molecule has 6 rings (SSSR count). The Morgan fingerprint density at radius 2 is 1.85 bits per heavy atom. The van der Waals surface area contributed by atoms with Gasteiger partial charge in [-0.05, 0) is 96.1 Å². The Kier molecular flexibility index (Phi) is 3.41. The van der Waals surface area contributed by atoms with Crippen molar-refractivity contribution in [1.29, 1.82) is 0 Å². The van der Waals surface area contributed by atoms with Crippen LogP contribution in [0.5, 0.6) is 0 Å². The SMILES string of the molecule is C1=C2CC(C1)C1(CCc3cc4cccc(C5CCCCC5)c4cc3C1)C2. The Morgan fingerprint density at radius 1 is 0.923 bits per heavy atom. The highest BCUT2D eigenvalue weighted by atomic mass is 14.5. The van der Waals surface area contributed by atoms with E-state index in [1.165, 1.54) is 76.0 Å². The Labute approximate surface area is 157 Å². The van der Waals surface area contributed by atoms with Gasteiger partial charge in [-0.3, -0.25) is 0 Å². The molecule has 0 radical (unpaired) electrons. The number of aryl methyl sites for hydroxylation is 1. The third-order valence-electron chi connectivity index (χ3n) is 8.36. The van der Waals surface area contributed by atoms with Gasteiger partial charge < -0.3 is 0 Å². The van der Waals surface area contributed by atoms with Crippen molar-refractivity contribution in [2.24, 2.45) is 11.3 Å². The maximum atomic E-state index is 2.63. The quantitative estimate of drug-likeness (QED) is 0.485. The third kappa shape index (κ3) is 2.27. The number of rotatable bonds is 1. The van der Waals surface area contributed by atoms with Gasteiger partial charge >= 0.3 is 0 Å². The van der Waals surface area contributed by atoms with Crippen molar-refractivity contribution in [1.82, 2.24) is 0 Å². The monoisotopic (exact) mass is 342 g/mol. The second-order valence-electron chi connectivity index (χ2n) is 9.74. The number of hydrogen-bond acceptors (Lipinski definition) is 0. The van der Waals surface area contributed by atoms with Gasteiger partial charge in [0.15, 0.2) is 0 Å². The molecule has 0 aliphatic heterocycles. The molecule has 2 unspecified atom stereocenters. The van der Waals surface area contributed by atoms with Crippen LogP contribution in [0.4, 0.5) is 0 Å². The highest BCUT2D eigenvalue weighted by Crippen LogP contribution is 2.58. The Morgan fingerprint density at radius 3 is 2.65 bits per heavy atom. The minimum absolute atomic E-state index is 0.616. The topological polar surface area (TPSA) is 0 Å². The summed E-state index contributed by atoms with van der Waals surface area (Å²) in [6.45, 7) is 0. The van der Waals surface area contributed by atoms with E-state index >= 15 is 0 Å². The lowest BCUT2D eigenvalue weighted by molar-refractivity contribution is 0.169. The first-order valence-corrected chi connectivity index (χ1v) is 11.0. The van der Waals surface area contributed by atoms with Gasteiger partial charge in [-0.2, -0.15) is 0 Å². The van der Waals surface area contributed by atoms with Crippen LogP contribution in [-0.2, 0) is 12.8 Å². The van der Waals surface area contributed by atoms with Gasteiger partial charge in [0.05, 0.1) is 0 Å². The fraction of sp³-hybridized carbons (Fsp3) is 0.538. The number of benzene rings is 2. The van der Waals surface area contributed by atoms with Crippen LogP contribution in [0.2, 0.25) is 0 Å². The molecule has 2 aromatic rings. The molecule has 2 saturated carbocycles. The normalized spacial score (nSPS) is 30.8. The van der Waals surface area contributed by atoms with Crippen molar-refractivity contribution in [3.8, 4) is 0 Å². The molecule has 26 heavy (non-hydrogen) atoms. The Bertz CT molecular complexity index is 896. The molecule has 1 spiro atoms. The van der Waals surface area contributed by atoms with E-state index in [9.17, 15) is 0 Å². The lowest BCUT2D eigenvalue weighted by Crippen LogP contribution is -2.33. The molecule has 2 bridgehead atoms. The number of allylic oxidation sites excluding steroid dienone is 2. The predicted molar refractivity (Wildman–Crippen MR) is 110 cm³/mol. The van der Waals surface area contributed by atoms with Gasteiger partial charge in [0, 0.05) is 0 Å². The summed E-state index contributed by atoms with van der Waals surface area (Å²) in [6.07, 6.45) is 17.9. The van der Waals surface area contributed by atoms with E-state index in [2.05, 4.69) is 36.4 Å². The highest BCUT2D eigenvalue weighted by molar-refractivity contribution is 5.88. The van der Waals surface area contributed by atoms with E-state index in [4.69, 9.17) is 0 Å². The zero-order valence-corrected chi connectivity index (χ0v) is 15.9. The molecule has 0 aromatic heterocycles. The maximum absolute atomic E-state index is 2.63. The van der Waals surface area contributed by atoms with E-state index in [1.807, 2.05) is 0 Å². The lowest BCUT2D eigenvalue weighted by atomic mass is 9.64. The zero-order chi connectivity index (χ0) is 17.1. The van der Waals surface area contributed by atoms with Gasteiger partial charge in [0.1, 0.15) is 0 Å². The molecule has 0 N–H and O–H groups in total. The first-order chi connectivity index (χ1) is 12.8. The van der Waals surface area contributed by atoms with Crippen molar-refractivity contribution in [2.45, 2.75) is 76.5 Å². The van der Waals surface area contributed by atoms with Crippen molar-refractivity contribution in [3.63, 3.8) is 0 Å². The van der Waals surface area contributed by atoms with Crippen molar-refractivity contribution < 1.29 is 0 Å². The molecule has 4 aliphatic rings. The van der Waals surface area contributed by atoms with Gasteiger partial charge in [0.25, 0.3) is 0 Å². The van der Waals surface area contributed by atoms with Crippen LogP contribution in [0, 0.1) is 11.3 Å². The van der Waals surface area contributed by atoms with Crippen LogP contribution in [0.1, 0.15) is 80.4 Å². The first kappa shape index (κ1) is 15.5. The Balaban J connectivity index is 1.43. The minimum atomic E-state index is 0.616. The summed E-state index contributed by atoms with van der Waals surface area (Å²) in [7, 11) is 0. The summed E-state index contributed by atoms with van der Waals surface area (Å²) >= 11 is 0. The van der Waals surface area contributed by atoms with Crippen LogP contribution in [0.25, 0.3) is 10.8 Å². The van der Waals surface area contributed by atoms with Crippen LogP contribution in [-0.4, -0.2) is 0 Å². The van der Waals surface area contributed by atoms with E-state index < -0.39 is 0 Å². The van der Waals surface area contributed by atoms with Crippen molar-refractivity contribution in [3.05, 3.63) is 58.7 Å². The fourth-order valence-electron chi connectivity index (χ4n) is 6.96. The van der Waals surface area contributed by atoms with E-state index in [-0.39, 0.29) is 0 Å². The zero-order valence-electron chi connectivity index (χ0n) is 15.9. The predicted octanol–water partition coefficient (Wildman–Crippen LogP) is 7.10. The standard InChI is InChI=1S/C26H30/c1-2-5-19(6-3-1)24-8-4-7-21-14-20-11-12-26(17-22(20)15-25(21)24)16-18-9-10-23(26)13-18/h4,7-9,14-15,19,23H,1-3,5-6,10-13,16-17H2. The summed E-state index contributed by atoms with van der Waals surface area (Å²) in [5, 5.41) is 3.08. The minimum Gasteiger partial charge on any atom is -0.0850 e. The van der Waals surface area contributed by atoms with E-state index in [0.29, 0.717) is 5.41 Å². The summed E-state index contributed by atoms with van der Waals surface area (Å²) in [5.74, 6) is 1.76. The van der Waals surface area contributed by atoms with E-state index in [0.717, 1.165) is 11.8 Å². The smallest absolute Gasteiger partial charge is 0.0146 e. The molecule has 2 aromatic carbocycles. The molecule has 0 nitrogen and oxygen atoms in total. The van der Waals surface area contributed by atoms with Crippen LogP contribution < -0.4 is 0 Å². The van der Waals surface area contributed by atoms with E-state index in [1.54, 1.807) is 27.6 Å². The molecule has 0 saturated heterocycles. The fourth-order valence-corrected chi connectivity index (χ4v) is 6.96. The molecule has 134 valence electrons. The third-order valence-corrected chi connectivity index (χ3v) is 8.36. The van der Waals surface area contributed by atoms with Gasteiger partial charge in [-0.1, -0.05) is 61.2 Å². The van der Waals surface area contributed by atoms with Gasteiger partial charge in [-0.25, -0.2) is 0 Å². The second kappa shape index (κ2) is 5.72.